The highest BCUT2D eigenvalue weighted by Crippen LogP contribution is 2.27. The summed E-state index contributed by atoms with van der Waals surface area (Å²) in [5, 5.41) is 3.37. The Balaban J connectivity index is 2.01. The van der Waals surface area contributed by atoms with Crippen LogP contribution in [0.2, 0.25) is 0 Å². The average Bonchev–Trinajstić information content (AvgIpc) is 2.66. The van der Waals surface area contributed by atoms with E-state index in [0.717, 1.165) is 5.39 Å². The van der Waals surface area contributed by atoms with Crippen molar-refractivity contribution in [1.29, 1.82) is 0 Å². The summed E-state index contributed by atoms with van der Waals surface area (Å²) >= 11 is 0. The second kappa shape index (κ2) is 7.28. The highest BCUT2D eigenvalue weighted by atomic mass is 32.2. The largest absolute Gasteiger partial charge is 0.369 e. The van der Waals surface area contributed by atoms with Gasteiger partial charge in [-0.2, -0.15) is 17.0 Å². The number of hydrogen-bond acceptors (Lipinski definition) is 5. The molecule has 0 unspecified atom stereocenters. The summed E-state index contributed by atoms with van der Waals surface area (Å²) in [6.45, 7) is 0.702. The molecule has 0 spiro atoms. The van der Waals surface area contributed by atoms with E-state index in [9.17, 15) is 13.2 Å². The van der Waals surface area contributed by atoms with E-state index in [2.05, 4.69) is 10.3 Å². The van der Waals surface area contributed by atoms with Crippen LogP contribution in [0.15, 0.2) is 30.3 Å². The van der Waals surface area contributed by atoms with Crippen LogP contribution >= 0.6 is 0 Å². The Labute approximate surface area is 152 Å². The zero-order chi connectivity index (χ0) is 18.9. The van der Waals surface area contributed by atoms with Gasteiger partial charge in [0, 0.05) is 39.6 Å². The summed E-state index contributed by atoms with van der Waals surface area (Å²) in [6, 6.07) is 9.02. The molecule has 8 nitrogen and oxygen atoms in total. The van der Waals surface area contributed by atoms with E-state index >= 15 is 0 Å². The Morgan fingerprint density at radius 1 is 1.35 bits per heavy atom. The van der Waals surface area contributed by atoms with Crippen LogP contribution in [0.3, 0.4) is 0 Å². The Bertz CT molecular complexity index is 930. The SMILES string of the molecule is CNC(=O)c1cc([C@@H]2CN(S(=O)(=O)N(C)C)CCO2)nc2ccccc12. The number of carbonyl (C=O) groups excluding carboxylic acids is 1. The predicted molar refractivity (Wildman–Crippen MR) is 98.0 cm³/mol. The molecule has 3 rings (SSSR count). The number of morpholine rings is 1. The minimum atomic E-state index is -3.53. The molecule has 1 aromatic carbocycles. The van der Waals surface area contributed by atoms with Crippen molar-refractivity contribution in [2.75, 3.05) is 40.8 Å². The van der Waals surface area contributed by atoms with Crippen LogP contribution in [0, 0.1) is 0 Å². The Morgan fingerprint density at radius 2 is 2.08 bits per heavy atom. The average molecular weight is 378 g/mol. The number of pyridine rings is 1. The first-order valence-corrected chi connectivity index (χ1v) is 9.65. The molecule has 140 valence electrons. The molecule has 9 heteroatoms. The van der Waals surface area contributed by atoms with Gasteiger partial charge in [-0.1, -0.05) is 18.2 Å². The van der Waals surface area contributed by atoms with E-state index in [4.69, 9.17) is 4.74 Å². The van der Waals surface area contributed by atoms with Crippen molar-refractivity contribution in [3.05, 3.63) is 41.6 Å². The van der Waals surface area contributed by atoms with E-state index in [1.807, 2.05) is 24.3 Å². The normalized spacial score (nSPS) is 19.0. The Morgan fingerprint density at radius 3 is 2.77 bits per heavy atom. The molecule has 0 aliphatic carbocycles. The molecule has 1 atom stereocenters. The van der Waals surface area contributed by atoms with Crippen LogP contribution in [0.25, 0.3) is 10.9 Å². The molecule has 1 saturated heterocycles. The van der Waals surface area contributed by atoms with Gasteiger partial charge in [0.1, 0.15) is 6.10 Å². The lowest BCUT2D eigenvalue weighted by atomic mass is 10.0. The molecule has 26 heavy (non-hydrogen) atoms. The van der Waals surface area contributed by atoms with Gasteiger partial charge in [-0.05, 0) is 12.1 Å². The molecule has 1 aromatic heterocycles. The molecule has 0 radical (unpaired) electrons. The molecule has 1 aliphatic heterocycles. The molecular formula is C17H22N4O4S. The van der Waals surface area contributed by atoms with Crippen LogP contribution in [-0.2, 0) is 14.9 Å². The van der Waals surface area contributed by atoms with Crippen molar-refractivity contribution < 1.29 is 17.9 Å². The first kappa shape index (κ1) is 18.7. The molecule has 1 fully saturated rings. The first-order chi connectivity index (χ1) is 12.3. The fraction of sp³-hybridized carbons (Fsp3) is 0.412. The van der Waals surface area contributed by atoms with Crippen molar-refractivity contribution in [2.24, 2.45) is 0 Å². The van der Waals surface area contributed by atoms with Gasteiger partial charge >= 0.3 is 0 Å². The maximum atomic E-state index is 12.4. The van der Waals surface area contributed by atoms with E-state index in [0.29, 0.717) is 16.8 Å². The topological polar surface area (TPSA) is 91.8 Å². The van der Waals surface area contributed by atoms with Crippen molar-refractivity contribution in [3.8, 4) is 0 Å². The van der Waals surface area contributed by atoms with E-state index in [1.54, 1.807) is 13.1 Å². The van der Waals surface area contributed by atoms with Gasteiger partial charge in [-0.25, -0.2) is 4.98 Å². The van der Waals surface area contributed by atoms with Gasteiger partial charge < -0.3 is 10.1 Å². The zero-order valence-electron chi connectivity index (χ0n) is 15.0. The summed E-state index contributed by atoms with van der Waals surface area (Å²) in [5.41, 5.74) is 1.70. The molecule has 1 aliphatic rings. The number of rotatable bonds is 4. The molecule has 2 aromatic rings. The van der Waals surface area contributed by atoms with E-state index in [1.165, 1.54) is 22.7 Å². The summed E-state index contributed by atoms with van der Waals surface area (Å²) in [4.78, 5) is 16.9. The standard InChI is InChI=1S/C17H22N4O4S/c1-18-17(22)13-10-15(19-14-7-5-4-6-12(13)14)16-11-21(8-9-25-16)26(23,24)20(2)3/h4-7,10,16H,8-9,11H2,1-3H3,(H,18,22)/t16-/m0/s1. The van der Waals surface area contributed by atoms with E-state index in [-0.39, 0.29) is 25.6 Å². The van der Waals surface area contributed by atoms with Gasteiger partial charge in [0.05, 0.1) is 23.4 Å². The van der Waals surface area contributed by atoms with Crippen LogP contribution in [-0.4, -0.2) is 68.8 Å². The third kappa shape index (κ3) is 3.43. The zero-order valence-corrected chi connectivity index (χ0v) is 15.8. The second-order valence-corrected chi connectivity index (χ2v) is 8.34. The number of aromatic nitrogens is 1. The summed E-state index contributed by atoms with van der Waals surface area (Å²) < 4.78 is 33.1. The van der Waals surface area contributed by atoms with Crippen LogP contribution in [0.5, 0.6) is 0 Å². The van der Waals surface area contributed by atoms with Gasteiger partial charge in [-0.3, -0.25) is 4.79 Å². The minimum Gasteiger partial charge on any atom is -0.369 e. The quantitative estimate of drug-likeness (QED) is 0.849. The summed E-state index contributed by atoms with van der Waals surface area (Å²) in [7, 11) is 1.03. The van der Waals surface area contributed by atoms with Gasteiger partial charge in [0.2, 0.25) is 0 Å². The second-order valence-electron chi connectivity index (χ2n) is 6.20. The van der Waals surface area contributed by atoms with Crippen LogP contribution < -0.4 is 5.32 Å². The lowest BCUT2D eigenvalue weighted by molar-refractivity contribution is -0.00608. The third-order valence-electron chi connectivity index (χ3n) is 4.35. The molecule has 0 saturated carbocycles. The van der Waals surface area contributed by atoms with Crippen molar-refractivity contribution in [1.82, 2.24) is 18.9 Å². The maximum Gasteiger partial charge on any atom is 0.281 e. The monoisotopic (exact) mass is 378 g/mol. The third-order valence-corrected chi connectivity index (χ3v) is 6.26. The van der Waals surface area contributed by atoms with Crippen LogP contribution in [0.1, 0.15) is 22.2 Å². The fourth-order valence-corrected chi connectivity index (χ4v) is 4.02. The number of nitrogens with zero attached hydrogens (tertiary/aromatic N) is 3. The highest BCUT2D eigenvalue weighted by Gasteiger charge is 2.32. The number of nitrogens with one attached hydrogen (secondary N) is 1. The molecular weight excluding hydrogens is 356 g/mol. The molecule has 1 amide bonds. The fourth-order valence-electron chi connectivity index (χ4n) is 2.93. The smallest absolute Gasteiger partial charge is 0.281 e. The molecule has 2 heterocycles. The van der Waals surface area contributed by atoms with E-state index < -0.39 is 16.3 Å². The number of hydrogen-bond donors (Lipinski definition) is 1. The summed E-state index contributed by atoms with van der Waals surface area (Å²) in [6.07, 6.45) is -0.536. The number of benzene rings is 1. The Hall–Kier alpha value is -2.07. The number of fused-ring (bicyclic) bond motifs is 1. The maximum absolute atomic E-state index is 12.4. The predicted octanol–water partition coefficient (Wildman–Crippen LogP) is 0.774. The number of para-hydroxylation sites is 1. The van der Waals surface area contributed by atoms with Gasteiger partial charge in [0.15, 0.2) is 0 Å². The van der Waals surface area contributed by atoms with Gasteiger partial charge in [0.25, 0.3) is 16.1 Å². The highest BCUT2D eigenvalue weighted by molar-refractivity contribution is 7.86. The number of carbonyl (C=O) groups is 1. The minimum absolute atomic E-state index is 0.152. The Kier molecular flexibility index (Phi) is 5.24. The summed E-state index contributed by atoms with van der Waals surface area (Å²) in [5.74, 6) is -0.224. The molecule has 1 N–H and O–H groups in total. The van der Waals surface area contributed by atoms with Crippen molar-refractivity contribution in [3.63, 3.8) is 0 Å². The lowest BCUT2D eigenvalue weighted by Gasteiger charge is -2.33. The number of ether oxygens (including phenoxy) is 1. The lowest BCUT2D eigenvalue weighted by Crippen LogP contribution is -2.47. The first-order valence-electron chi connectivity index (χ1n) is 8.25. The van der Waals surface area contributed by atoms with Crippen LogP contribution in [0.4, 0.5) is 0 Å². The van der Waals surface area contributed by atoms with Crippen molar-refractivity contribution >= 4 is 27.0 Å². The van der Waals surface area contributed by atoms with Gasteiger partial charge in [-0.15, -0.1) is 0 Å². The molecule has 0 bridgehead atoms. The van der Waals surface area contributed by atoms with Crippen molar-refractivity contribution in [2.45, 2.75) is 6.10 Å². The number of amides is 1.